The summed E-state index contributed by atoms with van der Waals surface area (Å²) < 4.78 is 26.1. The van der Waals surface area contributed by atoms with Crippen LogP contribution in [-0.2, 0) is 0 Å². The fourth-order valence-corrected chi connectivity index (χ4v) is 2.98. The molecule has 1 fully saturated rings. The maximum Gasteiger partial charge on any atom is 0.159 e. The molecule has 0 bridgehead atoms. The van der Waals surface area contributed by atoms with Crippen LogP contribution in [0.5, 0.6) is 0 Å². The van der Waals surface area contributed by atoms with E-state index in [-0.39, 0.29) is 6.04 Å². The van der Waals surface area contributed by atoms with Crippen LogP contribution in [0.2, 0.25) is 0 Å². The zero-order valence-electron chi connectivity index (χ0n) is 12.1. The summed E-state index contributed by atoms with van der Waals surface area (Å²) in [5, 5.41) is 13.7. The molecule has 4 heteroatoms. The highest BCUT2D eigenvalue weighted by Gasteiger charge is 2.25. The Labute approximate surface area is 119 Å². The van der Waals surface area contributed by atoms with Gasteiger partial charge in [0.2, 0.25) is 0 Å². The van der Waals surface area contributed by atoms with E-state index in [1.54, 1.807) is 0 Å². The predicted octanol–water partition coefficient (Wildman–Crippen LogP) is 3.56. The quantitative estimate of drug-likeness (QED) is 0.885. The lowest BCUT2D eigenvalue weighted by Crippen LogP contribution is -2.44. The van der Waals surface area contributed by atoms with E-state index in [0.29, 0.717) is 17.5 Å². The maximum atomic E-state index is 13.2. The van der Waals surface area contributed by atoms with E-state index in [9.17, 15) is 13.9 Å². The van der Waals surface area contributed by atoms with Crippen molar-refractivity contribution in [1.29, 1.82) is 0 Å². The first kappa shape index (κ1) is 15.4. The summed E-state index contributed by atoms with van der Waals surface area (Å²) in [5.41, 5.74) is 0.410. The highest BCUT2D eigenvalue weighted by molar-refractivity contribution is 5.21. The van der Waals surface area contributed by atoms with Crippen molar-refractivity contribution < 1.29 is 13.9 Å². The van der Waals surface area contributed by atoms with Gasteiger partial charge in [0, 0.05) is 12.1 Å². The Balaban J connectivity index is 2.00. The lowest BCUT2D eigenvalue weighted by atomic mass is 9.85. The number of aliphatic hydroxyl groups is 1. The first-order valence-corrected chi connectivity index (χ1v) is 7.38. The first-order chi connectivity index (χ1) is 9.49. The van der Waals surface area contributed by atoms with Gasteiger partial charge in [-0.05, 0) is 43.4 Å². The summed E-state index contributed by atoms with van der Waals surface area (Å²) in [5.74, 6) is -1.22. The van der Waals surface area contributed by atoms with E-state index in [1.165, 1.54) is 25.3 Å². The van der Waals surface area contributed by atoms with Crippen molar-refractivity contribution in [3.63, 3.8) is 0 Å². The molecule has 1 aliphatic carbocycles. The third-order valence-corrected chi connectivity index (χ3v) is 4.35. The van der Waals surface area contributed by atoms with E-state index >= 15 is 0 Å². The lowest BCUT2D eigenvalue weighted by Gasteiger charge is -2.33. The van der Waals surface area contributed by atoms with E-state index < -0.39 is 17.7 Å². The minimum Gasteiger partial charge on any atom is -0.387 e. The molecule has 2 rings (SSSR count). The molecular weight excluding hydrogens is 260 g/mol. The Morgan fingerprint density at radius 2 is 1.90 bits per heavy atom. The molecule has 1 aromatic rings. The van der Waals surface area contributed by atoms with E-state index in [4.69, 9.17) is 0 Å². The molecule has 0 aromatic heterocycles. The van der Waals surface area contributed by atoms with Crippen molar-refractivity contribution in [3.05, 3.63) is 35.4 Å². The summed E-state index contributed by atoms with van der Waals surface area (Å²) in [7, 11) is 0. The minimum atomic E-state index is -0.917. The van der Waals surface area contributed by atoms with Crippen LogP contribution in [0.3, 0.4) is 0 Å². The largest absolute Gasteiger partial charge is 0.387 e. The smallest absolute Gasteiger partial charge is 0.159 e. The Kier molecular flexibility index (Phi) is 5.11. The molecule has 0 aliphatic heterocycles. The second-order valence-electron chi connectivity index (χ2n) is 5.94. The summed E-state index contributed by atoms with van der Waals surface area (Å²) in [4.78, 5) is 0. The molecule has 112 valence electrons. The molecule has 0 radical (unpaired) electrons. The third-order valence-electron chi connectivity index (χ3n) is 4.35. The van der Waals surface area contributed by atoms with Gasteiger partial charge in [-0.3, -0.25) is 0 Å². The Hall–Kier alpha value is -1.00. The van der Waals surface area contributed by atoms with Crippen molar-refractivity contribution >= 4 is 0 Å². The Morgan fingerprint density at radius 3 is 2.55 bits per heavy atom. The number of aliphatic hydroxyl groups excluding tert-OH is 1. The van der Waals surface area contributed by atoms with E-state index in [1.807, 2.05) is 6.92 Å². The van der Waals surface area contributed by atoms with Gasteiger partial charge in [-0.2, -0.15) is 0 Å². The van der Waals surface area contributed by atoms with Gasteiger partial charge < -0.3 is 10.4 Å². The van der Waals surface area contributed by atoms with Gasteiger partial charge in [-0.1, -0.05) is 25.8 Å². The van der Waals surface area contributed by atoms with Crippen molar-refractivity contribution in [2.24, 2.45) is 5.92 Å². The molecule has 0 saturated heterocycles. The molecule has 2 N–H and O–H groups in total. The van der Waals surface area contributed by atoms with Crippen LogP contribution in [0, 0.1) is 17.6 Å². The normalized spacial score (nSPS) is 26.2. The van der Waals surface area contributed by atoms with Crippen molar-refractivity contribution in [3.8, 4) is 0 Å². The fraction of sp³-hybridized carbons (Fsp3) is 0.625. The van der Waals surface area contributed by atoms with Gasteiger partial charge in [0.1, 0.15) is 0 Å². The monoisotopic (exact) mass is 283 g/mol. The van der Waals surface area contributed by atoms with Crippen LogP contribution >= 0.6 is 0 Å². The molecule has 1 aromatic carbocycles. The second-order valence-corrected chi connectivity index (χ2v) is 5.94. The minimum absolute atomic E-state index is 0.189. The summed E-state index contributed by atoms with van der Waals surface area (Å²) in [6.07, 6.45) is 3.94. The summed E-state index contributed by atoms with van der Waals surface area (Å²) >= 11 is 0. The van der Waals surface area contributed by atoms with Crippen LogP contribution in [0.4, 0.5) is 8.78 Å². The molecule has 2 nitrogen and oxygen atoms in total. The Morgan fingerprint density at radius 1 is 1.20 bits per heavy atom. The zero-order valence-corrected chi connectivity index (χ0v) is 12.1. The topological polar surface area (TPSA) is 32.3 Å². The average Bonchev–Trinajstić information content (AvgIpc) is 2.43. The van der Waals surface area contributed by atoms with Gasteiger partial charge in [0.15, 0.2) is 11.6 Å². The van der Waals surface area contributed by atoms with E-state index in [0.717, 1.165) is 18.6 Å². The molecule has 4 unspecified atom stereocenters. The van der Waals surface area contributed by atoms with Crippen LogP contribution < -0.4 is 5.32 Å². The molecule has 0 amide bonds. The molecule has 0 spiro atoms. The SMILES string of the molecule is CC1CCCCC1NC(C)C(O)c1ccc(F)c(F)c1. The maximum absolute atomic E-state index is 13.2. The average molecular weight is 283 g/mol. The van der Waals surface area contributed by atoms with Gasteiger partial charge in [0.05, 0.1) is 6.10 Å². The van der Waals surface area contributed by atoms with Crippen LogP contribution in [0.1, 0.15) is 51.2 Å². The van der Waals surface area contributed by atoms with Crippen molar-refractivity contribution in [1.82, 2.24) is 5.32 Å². The van der Waals surface area contributed by atoms with Gasteiger partial charge >= 0.3 is 0 Å². The predicted molar refractivity (Wildman–Crippen MR) is 75.3 cm³/mol. The van der Waals surface area contributed by atoms with Crippen LogP contribution in [0.15, 0.2) is 18.2 Å². The van der Waals surface area contributed by atoms with Gasteiger partial charge in [-0.15, -0.1) is 0 Å². The zero-order chi connectivity index (χ0) is 14.7. The Bertz CT molecular complexity index is 452. The highest BCUT2D eigenvalue weighted by atomic mass is 19.2. The molecule has 4 atom stereocenters. The highest BCUT2D eigenvalue weighted by Crippen LogP contribution is 2.26. The van der Waals surface area contributed by atoms with Crippen LogP contribution in [-0.4, -0.2) is 17.2 Å². The number of rotatable bonds is 4. The third kappa shape index (κ3) is 3.55. The van der Waals surface area contributed by atoms with Crippen molar-refractivity contribution in [2.75, 3.05) is 0 Å². The molecule has 0 heterocycles. The summed E-state index contributed by atoms with van der Waals surface area (Å²) in [6.45, 7) is 4.10. The van der Waals surface area contributed by atoms with E-state index in [2.05, 4.69) is 12.2 Å². The number of benzene rings is 1. The molecule has 20 heavy (non-hydrogen) atoms. The standard InChI is InChI=1S/C16H23F2NO/c1-10-5-3-4-6-15(10)19-11(2)16(20)12-7-8-13(17)14(18)9-12/h7-11,15-16,19-20H,3-6H2,1-2H3. The number of halogens is 2. The number of nitrogens with one attached hydrogen (secondary N) is 1. The molecule has 1 saturated carbocycles. The van der Waals surface area contributed by atoms with Crippen LogP contribution in [0.25, 0.3) is 0 Å². The summed E-state index contributed by atoms with van der Waals surface area (Å²) in [6, 6.07) is 3.77. The van der Waals surface area contributed by atoms with Crippen molar-refractivity contribution in [2.45, 2.75) is 57.7 Å². The molecular formula is C16H23F2NO. The number of hydrogen-bond acceptors (Lipinski definition) is 2. The fourth-order valence-electron chi connectivity index (χ4n) is 2.98. The van der Waals surface area contributed by atoms with Gasteiger partial charge in [0.25, 0.3) is 0 Å². The first-order valence-electron chi connectivity index (χ1n) is 7.38. The molecule has 1 aliphatic rings. The lowest BCUT2D eigenvalue weighted by molar-refractivity contribution is 0.116. The number of hydrogen-bond donors (Lipinski definition) is 2. The van der Waals surface area contributed by atoms with Gasteiger partial charge in [-0.25, -0.2) is 8.78 Å². The second kappa shape index (κ2) is 6.64.